The second-order valence-corrected chi connectivity index (χ2v) is 8.76. The van der Waals surface area contributed by atoms with Gasteiger partial charge >= 0.3 is 6.09 Å². The van der Waals surface area contributed by atoms with Crippen LogP contribution in [0.2, 0.25) is 0 Å². The Kier molecular flexibility index (Phi) is 5.60. The third-order valence-electron chi connectivity index (χ3n) is 5.45. The zero-order valence-corrected chi connectivity index (χ0v) is 18.2. The summed E-state index contributed by atoms with van der Waals surface area (Å²) in [5, 5.41) is 0. The molecule has 2 heterocycles. The van der Waals surface area contributed by atoms with Crippen LogP contribution >= 0.6 is 0 Å². The Morgan fingerprint density at radius 3 is 2.37 bits per heavy atom. The van der Waals surface area contributed by atoms with Gasteiger partial charge in [-0.1, -0.05) is 0 Å². The quantitative estimate of drug-likeness (QED) is 0.719. The molecule has 0 aromatic heterocycles. The smallest absolute Gasteiger partial charge is 0.414 e. The van der Waals surface area contributed by atoms with Crippen LogP contribution < -0.4 is 14.5 Å². The van der Waals surface area contributed by atoms with Crippen LogP contribution in [0.1, 0.15) is 31.9 Å². The van der Waals surface area contributed by atoms with Crippen molar-refractivity contribution < 1.29 is 19.0 Å². The van der Waals surface area contributed by atoms with Crippen molar-refractivity contribution in [1.29, 1.82) is 0 Å². The zero-order valence-electron chi connectivity index (χ0n) is 18.2. The van der Waals surface area contributed by atoms with E-state index in [1.807, 2.05) is 45.0 Å². The summed E-state index contributed by atoms with van der Waals surface area (Å²) >= 11 is 0. The van der Waals surface area contributed by atoms with Gasteiger partial charge in [0.15, 0.2) is 0 Å². The van der Waals surface area contributed by atoms with E-state index in [1.54, 1.807) is 4.90 Å². The SMILES string of the molecule is Cc1c(Oc2ccc(N3CCOCC3)cc2)ccc2c1CCN2C(=O)OC(C)(C)C. The Labute approximate surface area is 178 Å². The predicted molar refractivity (Wildman–Crippen MR) is 118 cm³/mol. The average Bonchev–Trinajstić information content (AvgIpc) is 3.15. The van der Waals surface area contributed by atoms with Gasteiger partial charge in [-0.25, -0.2) is 4.79 Å². The van der Waals surface area contributed by atoms with Gasteiger partial charge in [-0.05, 0) is 81.6 Å². The van der Waals surface area contributed by atoms with Crippen LogP contribution in [0, 0.1) is 6.92 Å². The number of nitrogens with zero attached hydrogens (tertiary/aromatic N) is 2. The van der Waals surface area contributed by atoms with Gasteiger partial charge in [-0.15, -0.1) is 0 Å². The van der Waals surface area contributed by atoms with Gasteiger partial charge in [0.2, 0.25) is 0 Å². The summed E-state index contributed by atoms with van der Waals surface area (Å²) in [6.45, 7) is 11.7. The molecule has 0 radical (unpaired) electrons. The number of morpholine rings is 1. The lowest BCUT2D eigenvalue weighted by atomic mass is 10.1. The Bertz CT molecular complexity index is 912. The topological polar surface area (TPSA) is 51.2 Å². The lowest BCUT2D eigenvalue weighted by Gasteiger charge is -2.28. The van der Waals surface area contributed by atoms with E-state index in [0.717, 1.165) is 61.0 Å². The van der Waals surface area contributed by atoms with Gasteiger partial charge in [-0.3, -0.25) is 4.90 Å². The molecule has 1 fully saturated rings. The fourth-order valence-electron chi connectivity index (χ4n) is 3.92. The van der Waals surface area contributed by atoms with Crippen LogP contribution in [0.3, 0.4) is 0 Å². The van der Waals surface area contributed by atoms with Crippen molar-refractivity contribution in [3.8, 4) is 11.5 Å². The molecule has 4 rings (SSSR count). The lowest BCUT2D eigenvalue weighted by Crippen LogP contribution is -2.36. The van der Waals surface area contributed by atoms with E-state index < -0.39 is 5.60 Å². The van der Waals surface area contributed by atoms with Crippen LogP contribution in [0.4, 0.5) is 16.2 Å². The zero-order chi connectivity index (χ0) is 21.3. The van der Waals surface area contributed by atoms with E-state index in [9.17, 15) is 4.79 Å². The van der Waals surface area contributed by atoms with E-state index >= 15 is 0 Å². The molecule has 6 nitrogen and oxygen atoms in total. The van der Waals surface area contributed by atoms with Gasteiger partial charge < -0.3 is 19.1 Å². The highest BCUT2D eigenvalue weighted by molar-refractivity contribution is 5.91. The van der Waals surface area contributed by atoms with Crippen LogP contribution in [-0.2, 0) is 15.9 Å². The van der Waals surface area contributed by atoms with E-state index in [2.05, 4.69) is 24.0 Å². The van der Waals surface area contributed by atoms with E-state index in [0.29, 0.717) is 6.54 Å². The molecule has 0 atom stereocenters. The summed E-state index contributed by atoms with van der Waals surface area (Å²) in [5.41, 5.74) is 3.80. The van der Waals surface area contributed by atoms with E-state index in [-0.39, 0.29) is 6.09 Å². The number of ether oxygens (including phenoxy) is 3. The minimum atomic E-state index is -0.509. The monoisotopic (exact) mass is 410 g/mol. The molecular weight excluding hydrogens is 380 g/mol. The second kappa shape index (κ2) is 8.19. The minimum absolute atomic E-state index is 0.298. The average molecular weight is 411 g/mol. The maximum atomic E-state index is 12.5. The largest absolute Gasteiger partial charge is 0.457 e. The Morgan fingerprint density at radius 1 is 1.00 bits per heavy atom. The van der Waals surface area contributed by atoms with Crippen molar-refractivity contribution in [2.45, 2.75) is 39.7 Å². The van der Waals surface area contributed by atoms with Gasteiger partial charge in [0.25, 0.3) is 0 Å². The summed E-state index contributed by atoms with van der Waals surface area (Å²) in [6, 6.07) is 12.1. The molecule has 6 heteroatoms. The molecule has 0 saturated carbocycles. The van der Waals surface area contributed by atoms with E-state index in [1.165, 1.54) is 5.69 Å². The molecule has 30 heavy (non-hydrogen) atoms. The highest BCUT2D eigenvalue weighted by Crippen LogP contribution is 2.38. The molecule has 0 aliphatic carbocycles. The van der Waals surface area contributed by atoms with Crippen LogP contribution in [-0.4, -0.2) is 44.5 Å². The molecule has 2 aliphatic rings. The van der Waals surface area contributed by atoms with Gasteiger partial charge in [-0.2, -0.15) is 0 Å². The first-order valence-corrected chi connectivity index (χ1v) is 10.6. The summed E-state index contributed by atoms with van der Waals surface area (Å²) in [6.07, 6.45) is 0.501. The molecule has 1 saturated heterocycles. The molecule has 2 aliphatic heterocycles. The molecule has 0 unspecified atom stereocenters. The highest BCUT2D eigenvalue weighted by atomic mass is 16.6. The summed E-state index contributed by atoms with van der Waals surface area (Å²) in [5.74, 6) is 1.62. The Hall–Kier alpha value is -2.73. The standard InChI is InChI=1S/C24H30N2O4/c1-17-20-11-12-26(23(27)30-24(2,3)4)21(20)9-10-22(17)29-19-7-5-18(6-8-19)25-13-15-28-16-14-25/h5-10H,11-16H2,1-4H3. The number of amides is 1. The Morgan fingerprint density at radius 2 is 1.70 bits per heavy atom. The molecule has 0 N–H and O–H groups in total. The van der Waals surface area contributed by atoms with Gasteiger partial charge in [0, 0.05) is 25.3 Å². The summed E-state index contributed by atoms with van der Waals surface area (Å²) < 4.78 is 17.1. The maximum absolute atomic E-state index is 12.5. The lowest BCUT2D eigenvalue weighted by molar-refractivity contribution is 0.0584. The third kappa shape index (κ3) is 4.38. The number of hydrogen-bond acceptors (Lipinski definition) is 5. The summed E-state index contributed by atoms with van der Waals surface area (Å²) in [4.78, 5) is 16.6. The van der Waals surface area contributed by atoms with Crippen molar-refractivity contribution in [2.24, 2.45) is 0 Å². The molecule has 0 bridgehead atoms. The number of carbonyl (C=O) groups is 1. The number of benzene rings is 2. The minimum Gasteiger partial charge on any atom is -0.457 e. The molecule has 2 aromatic carbocycles. The van der Waals surface area contributed by atoms with E-state index in [4.69, 9.17) is 14.2 Å². The number of fused-ring (bicyclic) bond motifs is 1. The van der Waals surface area contributed by atoms with Crippen molar-refractivity contribution in [2.75, 3.05) is 42.6 Å². The van der Waals surface area contributed by atoms with Crippen molar-refractivity contribution in [1.82, 2.24) is 0 Å². The van der Waals surface area contributed by atoms with Crippen LogP contribution in [0.15, 0.2) is 36.4 Å². The summed E-state index contributed by atoms with van der Waals surface area (Å²) in [7, 11) is 0. The first kappa shape index (κ1) is 20.5. The van der Waals surface area contributed by atoms with Crippen LogP contribution in [0.5, 0.6) is 11.5 Å². The fourth-order valence-corrected chi connectivity index (χ4v) is 3.92. The molecule has 2 aromatic rings. The predicted octanol–water partition coefficient (Wildman–Crippen LogP) is 4.92. The number of carbonyl (C=O) groups excluding carboxylic acids is 1. The van der Waals surface area contributed by atoms with Gasteiger partial charge in [0.1, 0.15) is 17.1 Å². The normalized spacial score (nSPS) is 16.4. The highest BCUT2D eigenvalue weighted by Gasteiger charge is 2.30. The van der Waals surface area contributed by atoms with Gasteiger partial charge in [0.05, 0.1) is 18.9 Å². The molecule has 1 amide bonds. The Balaban J connectivity index is 1.48. The molecular formula is C24H30N2O4. The van der Waals surface area contributed by atoms with Crippen molar-refractivity contribution in [3.05, 3.63) is 47.5 Å². The molecule has 0 spiro atoms. The fraction of sp³-hybridized carbons (Fsp3) is 0.458. The molecule has 160 valence electrons. The van der Waals surface area contributed by atoms with Crippen LogP contribution in [0.25, 0.3) is 0 Å². The number of anilines is 2. The first-order chi connectivity index (χ1) is 14.3. The number of rotatable bonds is 3. The third-order valence-corrected chi connectivity index (χ3v) is 5.45. The maximum Gasteiger partial charge on any atom is 0.414 e. The number of hydrogen-bond donors (Lipinski definition) is 0. The van der Waals surface area contributed by atoms with Crippen molar-refractivity contribution >= 4 is 17.5 Å². The van der Waals surface area contributed by atoms with Crippen molar-refractivity contribution in [3.63, 3.8) is 0 Å². The first-order valence-electron chi connectivity index (χ1n) is 10.6. The second-order valence-electron chi connectivity index (χ2n) is 8.76.